The summed E-state index contributed by atoms with van der Waals surface area (Å²) in [5.74, 6) is 0.748. The minimum atomic E-state index is -0.249. The number of H-pyrrole nitrogens is 1. The molecule has 0 radical (unpaired) electrons. The predicted octanol–water partition coefficient (Wildman–Crippen LogP) is 4.94. The molecule has 0 saturated carbocycles. The Morgan fingerprint density at radius 2 is 1.47 bits per heavy atom. The molecule has 0 fully saturated rings. The highest BCUT2D eigenvalue weighted by Gasteiger charge is 2.15. The molecule has 2 N–H and O–H groups in total. The van der Waals surface area contributed by atoms with E-state index in [1.807, 2.05) is 66.7 Å². The summed E-state index contributed by atoms with van der Waals surface area (Å²) >= 11 is 1.45. The largest absolute Gasteiger partial charge is 0.356 e. The highest BCUT2D eigenvalue weighted by Crippen LogP contribution is 2.27. The molecule has 0 aliphatic heterocycles. The first kappa shape index (κ1) is 23.5. The van der Waals surface area contributed by atoms with Crippen molar-refractivity contribution in [3.63, 3.8) is 0 Å². The van der Waals surface area contributed by atoms with E-state index in [9.17, 15) is 9.59 Å². The maximum Gasteiger partial charge on any atom is 0.251 e. The summed E-state index contributed by atoms with van der Waals surface area (Å²) < 4.78 is 0. The minimum absolute atomic E-state index is 0.0736. The van der Waals surface area contributed by atoms with Gasteiger partial charge in [-0.3, -0.25) is 9.59 Å². The fourth-order valence-corrected chi connectivity index (χ4v) is 4.70. The summed E-state index contributed by atoms with van der Waals surface area (Å²) in [4.78, 5) is 31.9. The first-order valence-electron chi connectivity index (χ1n) is 11.3. The molecule has 0 aliphatic carbocycles. The Morgan fingerprint density at radius 3 is 2.09 bits per heavy atom. The number of nitrogens with zero attached hydrogens (tertiary/aromatic N) is 1. The second-order valence-electron chi connectivity index (χ2n) is 8.01. The molecular weight excluding hydrogens is 442 g/mol. The van der Waals surface area contributed by atoms with E-state index in [0.29, 0.717) is 23.1 Å². The Labute approximate surface area is 203 Å². The van der Waals surface area contributed by atoms with Gasteiger partial charge < -0.3 is 10.3 Å². The highest BCUT2D eigenvalue weighted by atomic mass is 32.2. The fraction of sp³-hybridized carbons (Fsp3) is 0.179. The Kier molecular flexibility index (Phi) is 8.30. The van der Waals surface area contributed by atoms with Gasteiger partial charge >= 0.3 is 0 Å². The van der Waals surface area contributed by atoms with E-state index in [0.717, 1.165) is 12.0 Å². The number of thioether (sulfide) groups is 1. The zero-order chi connectivity index (χ0) is 23.6. The van der Waals surface area contributed by atoms with Crippen LogP contribution in [0.15, 0.2) is 107 Å². The Hall–Kier alpha value is -3.64. The normalized spacial score (nSPS) is 10.9. The Bertz CT molecular complexity index is 1210. The molecule has 1 heterocycles. The summed E-state index contributed by atoms with van der Waals surface area (Å²) in [6, 6.07) is 32.0. The minimum Gasteiger partial charge on any atom is -0.356 e. The molecule has 172 valence electrons. The molecular formula is C28H27N3O2S. The van der Waals surface area contributed by atoms with Crippen LogP contribution in [-0.4, -0.2) is 22.4 Å². The standard InChI is InChI=1S/C28H27N3O2S/c32-26(18-24-19-27(33)31-28(30-24)34-20-21-10-4-1-5-11-21)29-17-16-25(22-12-6-2-7-13-22)23-14-8-3-9-15-23/h1-15,19,25H,16-18,20H2,(H,29,32)(H,30,31,33). The summed E-state index contributed by atoms with van der Waals surface area (Å²) in [7, 11) is 0. The number of hydrogen-bond donors (Lipinski definition) is 2. The molecule has 1 amide bonds. The highest BCUT2D eigenvalue weighted by molar-refractivity contribution is 7.98. The quantitative estimate of drug-likeness (QED) is 0.255. The molecule has 34 heavy (non-hydrogen) atoms. The third-order valence-electron chi connectivity index (χ3n) is 5.49. The van der Waals surface area contributed by atoms with Crippen molar-refractivity contribution in [1.29, 1.82) is 0 Å². The van der Waals surface area contributed by atoms with Crippen LogP contribution in [0.3, 0.4) is 0 Å². The molecule has 0 bridgehead atoms. The van der Waals surface area contributed by atoms with E-state index in [1.165, 1.54) is 29.0 Å². The van der Waals surface area contributed by atoms with Gasteiger partial charge in [0, 0.05) is 24.3 Å². The first-order chi connectivity index (χ1) is 16.7. The summed E-state index contributed by atoms with van der Waals surface area (Å²) in [5, 5.41) is 3.52. The van der Waals surface area contributed by atoms with Crippen molar-refractivity contribution in [2.45, 2.75) is 29.7 Å². The molecule has 0 aliphatic rings. The Morgan fingerprint density at radius 1 is 0.882 bits per heavy atom. The first-order valence-corrected chi connectivity index (χ1v) is 12.3. The van der Waals surface area contributed by atoms with Gasteiger partial charge in [-0.15, -0.1) is 0 Å². The van der Waals surface area contributed by atoms with E-state index < -0.39 is 0 Å². The van der Waals surface area contributed by atoms with Gasteiger partial charge in [0.2, 0.25) is 5.91 Å². The molecule has 3 aromatic carbocycles. The number of hydrogen-bond acceptors (Lipinski definition) is 4. The topological polar surface area (TPSA) is 74.8 Å². The van der Waals surface area contributed by atoms with E-state index in [2.05, 4.69) is 39.6 Å². The van der Waals surface area contributed by atoms with Gasteiger partial charge in [-0.05, 0) is 23.1 Å². The molecule has 0 atom stereocenters. The van der Waals surface area contributed by atoms with Gasteiger partial charge in [0.15, 0.2) is 5.16 Å². The molecule has 6 heteroatoms. The van der Waals surface area contributed by atoms with Crippen molar-refractivity contribution in [2.75, 3.05) is 6.54 Å². The Balaban J connectivity index is 1.34. The number of rotatable bonds is 10. The molecule has 0 spiro atoms. The van der Waals surface area contributed by atoms with Crippen LogP contribution in [0, 0.1) is 0 Å². The molecule has 4 rings (SSSR count). The van der Waals surface area contributed by atoms with Crippen molar-refractivity contribution < 1.29 is 4.79 Å². The van der Waals surface area contributed by atoms with E-state index in [-0.39, 0.29) is 23.8 Å². The zero-order valence-electron chi connectivity index (χ0n) is 18.8. The lowest BCUT2D eigenvalue weighted by Gasteiger charge is -2.18. The average molecular weight is 470 g/mol. The molecule has 5 nitrogen and oxygen atoms in total. The van der Waals surface area contributed by atoms with Crippen molar-refractivity contribution in [3.8, 4) is 0 Å². The molecule has 0 saturated heterocycles. The third-order valence-corrected chi connectivity index (χ3v) is 6.44. The van der Waals surface area contributed by atoms with Crippen molar-refractivity contribution in [1.82, 2.24) is 15.3 Å². The number of amides is 1. The van der Waals surface area contributed by atoms with Crippen LogP contribution in [0.2, 0.25) is 0 Å². The van der Waals surface area contributed by atoms with Gasteiger partial charge in [0.25, 0.3) is 5.56 Å². The SMILES string of the molecule is O=C(Cc1cc(=O)[nH]c(SCc2ccccc2)n1)NCCC(c1ccccc1)c1ccccc1. The third kappa shape index (κ3) is 6.93. The number of carbonyl (C=O) groups is 1. The van der Waals surface area contributed by atoms with Crippen LogP contribution in [0.1, 0.15) is 34.7 Å². The predicted molar refractivity (Wildman–Crippen MR) is 137 cm³/mol. The number of nitrogens with one attached hydrogen (secondary N) is 2. The second-order valence-corrected chi connectivity index (χ2v) is 8.97. The van der Waals surface area contributed by atoms with Crippen LogP contribution < -0.4 is 10.9 Å². The lowest BCUT2D eigenvalue weighted by molar-refractivity contribution is -0.120. The monoisotopic (exact) mass is 469 g/mol. The van der Waals surface area contributed by atoms with Gasteiger partial charge in [-0.1, -0.05) is 103 Å². The van der Waals surface area contributed by atoms with Gasteiger partial charge in [0.1, 0.15) is 0 Å². The number of benzene rings is 3. The van der Waals surface area contributed by atoms with Crippen molar-refractivity contribution in [2.24, 2.45) is 0 Å². The lowest BCUT2D eigenvalue weighted by Crippen LogP contribution is -2.28. The summed E-state index contributed by atoms with van der Waals surface area (Å²) in [5.41, 5.74) is 3.81. The maximum absolute atomic E-state index is 12.6. The smallest absolute Gasteiger partial charge is 0.251 e. The van der Waals surface area contributed by atoms with Crippen molar-refractivity contribution in [3.05, 3.63) is 130 Å². The van der Waals surface area contributed by atoms with E-state index in [1.54, 1.807) is 0 Å². The fourth-order valence-electron chi connectivity index (χ4n) is 3.85. The van der Waals surface area contributed by atoms with Gasteiger partial charge in [-0.2, -0.15) is 0 Å². The number of aromatic nitrogens is 2. The molecule has 4 aromatic rings. The zero-order valence-corrected chi connectivity index (χ0v) is 19.6. The molecule has 1 aromatic heterocycles. The summed E-state index contributed by atoms with van der Waals surface area (Å²) in [6.45, 7) is 0.534. The number of carbonyl (C=O) groups excluding carboxylic acids is 1. The second kappa shape index (κ2) is 12.0. The number of aromatic amines is 1. The van der Waals surface area contributed by atoms with Crippen LogP contribution in [0.4, 0.5) is 0 Å². The lowest BCUT2D eigenvalue weighted by atomic mass is 9.88. The van der Waals surface area contributed by atoms with Crippen LogP contribution in [0.25, 0.3) is 0 Å². The average Bonchev–Trinajstić information content (AvgIpc) is 2.87. The van der Waals surface area contributed by atoms with Gasteiger partial charge in [-0.25, -0.2) is 4.98 Å². The molecule has 0 unspecified atom stereocenters. The summed E-state index contributed by atoms with van der Waals surface area (Å²) in [6.07, 6.45) is 0.852. The van der Waals surface area contributed by atoms with Gasteiger partial charge in [0.05, 0.1) is 12.1 Å². The van der Waals surface area contributed by atoms with Crippen LogP contribution in [-0.2, 0) is 17.0 Å². The van der Waals surface area contributed by atoms with E-state index in [4.69, 9.17) is 0 Å². The maximum atomic E-state index is 12.6. The van der Waals surface area contributed by atoms with Crippen molar-refractivity contribution >= 4 is 17.7 Å². The van der Waals surface area contributed by atoms with Crippen LogP contribution >= 0.6 is 11.8 Å². The van der Waals surface area contributed by atoms with E-state index >= 15 is 0 Å². The van der Waals surface area contributed by atoms with Crippen LogP contribution in [0.5, 0.6) is 0 Å².